The Hall–Kier alpha value is -2.26. The van der Waals surface area contributed by atoms with Gasteiger partial charge in [-0.05, 0) is 43.7 Å². The normalized spacial score (nSPS) is 10.2. The van der Waals surface area contributed by atoms with Crippen molar-refractivity contribution in [3.63, 3.8) is 0 Å². The highest BCUT2D eigenvalue weighted by Gasteiger charge is 2.04. The van der Waals surface area contributed by atoms with Crippen molar-refractivity contribution in [2.45, 2.75) is 20.5 Å². The van der Waals surface area contributed by atoms with Gasteiger partial charge in [-0.3, -0.25) is 0 Å². The van der Waals surface area contributed by atoms with Crippen molar-refractivity contribution in [3.05, 3.63) is 71.8 Å². The Kier molecular flexibility index (Phi) is 6.70. The standard InChI is InChI=1S/C20H26N2O/c1-17(2)12-14-22(15-13-21)19-8-10-20(11-9-19)23-16-18-6-4-3-5-7-18/h3-12H,13-16,21H2,1-2H3. The summed E-state index contributed by atoms with van der Waals surface area (Å²) in [5.41, 5.74) is 9.38. The van der Waals surface area contributed by atoms with E-state index in [2.05, 4.69) is 49.1 Å². The average molecular weight is 310 g/mol. The molecule has 0 aliphatic heterocycles. The summed E-state index contributed by atoms with van der Waals surface area (Å²) in [5.74, 6) is 0.882. The first kappa shape index (κ1) is 17.1. The van der Waals surface area contributed by atoms with Crippen LogP contribution in [0.25, 0.3) is 0 Å². The Morgan fingerprint density at radius 1 is 1.04 bits per heavy atom. The third-order valence-corrected chi connectivity index (χ3v) is 3.57. The Balaban J connectivity index is 1.97. The molecule has 0 spiro atoms. The summed E-state index contributed by atoms with van der Waals surface area (Å²) in [6.07, 6.45) is 2.22. The molecule has 3 nitrogen and oxygen atoms in total. The first-order chi connectivity index (χ1) is 11.2. The van der Waals surface area contributed by atoms with Crippen LogP contribution in [-0.2, 0) is 6.61 Å². The average Bonchev–Trinajstić information content (AvgIpc) is 2.58. The summed E-state index contributed by atoms with van der Waals surface area (Å²) < 4.78 is 5.83. The van der Waals surface area contributed by atoms with E-state index < -0.39 is 0 Å². The largest absolute Gasteiger partial charge is 0.489 e. The summed E-state index contributed by atoms with van der Waals surface area (Å²) in [6, 6.07) is 18.4. The molecule has 2 aromatic rings. The fraction of sp³-hybridized carbons (Fsp3) is 0.300. The molecule has 0 saturated carbocycles. The SMILES string of the molecule is CC(C)=CCN(CCN)c1ccc(OCc2ccccc2)cc1. The predicted molar refractivity (Wildman–Crippen MR) is 97.9 cm³/mol. The minimum absolute atomic E-state index is 0.588. The second-order valence-corrected chi connectivity index (χ2v) is 5.78. The molecule has 0 amide bonds. The minimum atomic E-state index is 0.588. The molecule has 0 aliphatic rings. The number of nitrogens with two attached hydrogens (primary N) is 1. The van der Waals surface area contributed by atoms with E-state index in [0.717, 1.165) is 18.8 Å². The van der Waals surface area contributed by atoms with Crippen LogP contribution >= 0.6 is 0 Å². The second kappa shape index (κ2) is 9.01. The summed E-state index contributed by atoms with van der Waals surface area (Å²) in [7, 11) is 0. The van der Waals surface area contributed by atoms with Gasteiger partial charge in [0, 0.05) is 25.3 Å². The highest BCUT2D eigenvalue weighted by molar-refractivity contribution is 5.49. The molecule has 122 valence electrons. The van der Waals surface area contributed by atoms with Crippen molar-refractivity contribution >= 4 is 5.69 Å². The molecule has 0 unspecified atom stereocenters. The van der Waals surface area contributed by atoms with Gasteiger partial charge >= 0.3 is 0 Å². The first-order valence-corrected chi connectivity index (χ1v) is 8.04. The highest BCUT2D eigenvalue weighted by Crippen LogP contribution is 2.20. The fourth-order valence-corrected chi connectivity index (χ4v) is 2.27. The quantitative estimate of drug-likeness (QED) is 0.749. The minimum Gasteiger partial charge on any atom is -0.489 e. The molecule has 23 heavy (non-hydrogen) atoms. The fourth-order valence-electron chi connectivity index (χ4n) is 2.27. The zero-order valence-electron chi connectivity index (χ0n) is 14.0. The molecule has 0 saturated heterocycles. The number of anilines is 1. The van der Waals surface area contributed by atoms with E-state index in [0.29, 0.717) is 13.2 Å². The number of hydrogen-bond donors (Lipinski definition) is 1. The third kappa shape index (κ3) is 5.80. The van der Waals surface area contributed by atoms with Gasteiger partial charge in [0.15, 0.2) is 0 Å². The van der Waals surface area contributed by atoms with Gasteiger partial charge in [-0.2, -0.15) is 0 Å². The molecule has 2 aromatic carbocycles. The predicted octanol–water partition coefficient (Wildman–Crippen LogP) is 4.00. The molecule has 0 radical (unpaired) electrons. The first-order valence-electron chi connectivity index (χ1n) is 8.04. The molecule has 0 aliphatic carbocycles. The van der Waals surface area contributed by atoms with Crippen LogP contribution in [0.5, 0.6) is 5.75 Å². The van der Waals surface area contributed by atoms with E-state index in [1.807, 2.05) is 30.3 Å². The van der Waals surface area contributed by atoms with Crippen molar-refractivity contribution in [2.75, 3.05) is 24.5 Å². The molecular weight excluding hydrogens is 284 g/mol. The van der Waals surface area contributed by atoms with Crippen molar-refractivity contribution in [2.24, 2.45) is 5.73 Å². The Morgan fingerprint density at radius 3 is 2.35 bits per heavy atom. The molecule has 0 atom stereocenters. The number of rotatable bonds is 8. The lowest BCUT2D eigenvalue weighted by molar-refractivity contribution is 0.306. The number of allylic oxidation sites excluding steroid dienone is 1. The zero-order valence-corrected chi connectivity index (χ0v) is 14.0. The van der Waals surface area contributed by atoms with Gasteiger partial charge in [0.25, 0.3) is 0 Å². The van der Waals surface area contributed by atoms with Crippen molar-refractivity contribution in [1.82, 2.24) is 0 Å². The summed E-state index contributed by atoms with van der Waals surface area (Å²) in [6.45, 7) is 7.17. The lowest BCUT2D eigenvalue weighted by Crippen LogP contribution is -2.29. The smallest absolute Gasteiger partial charge is 0.119 e. The van der Waals surface area contributed by atoms with Gasteiger partial charge in [0.05, 0.1) is 0 Å². The monoisotopic (exact) mass is 310 g/mol. The van der Waals surface area contributed by atoms with Crippen LogP contribution in [0.4, 0.5) is 5.69 Å². The maximum Gasteiger partial charge on any atom is 0.119 e. The number of hydrogen-bond acceptors (Lipinski definition) is 3. The van der Waals surface area contributed by atoms with E-state index in [4.69, 9.17) is 10.5 Å². The van der Waals surface area contributed by atoms with Crippen molar-refractivity contribution in [1.29, 1.82) is 0 Å². The molecule has 0 bridgehead atoms. The molecule has 0 fully saturated rings. The number of nitrogens with zero attached hydrogens (tertiary/aromatic N) is 1. The van der Waals surface area contributed by atoms with Crippen LogP contribution in [0.2, 0.25) is 0 Å². The topological polar surface area (TPSA) is 38.5 Å². The van der Waals surface area contributed by atoms with E-state index >= 15 is 0 Å². The molecule has 2 N–H and O–H groups in total. The van der Waals surface area contributed by atoms with E-state index in [-0.39, 0.29) is 0 Å². The number of ether oxygens (including phenoxy) is 1. The second-order valence-electron chi connectivity index (χ2n) is 5.78. The maximum atomic E-state index is 5.83. The van der Waals surface area contributed by atoms with Crippen molar-refractivity contribution < 1.29 is 4.74 Å². The summed E-state index contributed by atoms with van der Waals surface area (Å²) in [4.78, 5) is 2.27. The van der Waals surface area contributed by atoms with Gasteiger partial charge in [0.2, 0.25) is 0 Å². The van der Waals surface area contributed by atoms with Crippen LogP contribution in [0, 0.1) is 0 Å². The molecular formula is C20H26N2O. The molecule has 3 heteroatoms. The van der Waals surface area contributed by atoms with Gasteiger partial charge in [-0.1, -0.05) is 42.0 Å². The van der Waals surface area contributed by atoms with Crippen LogP contribution < -0.4 is 15.4 Å². The van der Waals surface area contributed by atoms with Gasteiger partial charge in [0.1, 0.15) is 12.4 Å². The van der Waals surface area contributed by atoms with Gasteiger partial charge in [-0.25, -0.2) is 0 Å². The van der Waals surface area contributed by atoms with Crippen LogP contribution in [-0.4, -0.2) is 19.6 Å². The van der Waals surface area contributed by atoms with E-state index in [1.165, 1.54) is 16.8 Å². The van der Waals surface area contributed by atoms with E-state index in [1.54, 1.807) is 0 Å². The molecule has 2 rings (SSSR count). The zero-order chi connectivity index (χ0) is 16.5. The van der Waals surface area contributed by atoms with Crippen LogP contribution in [0.1, 0.15) is 19.4 Å². The van der Waals surface area contributed by atoms with Gasteiger partial charge < -0.3 is 15.4 Å². The Labute approximate surface area is 139 Å². The lowest BCUT2D eigenvalue weighted by Gasteiger charge is -2.23. The summed E-state index contributed by atoms with van der Waals surface area (Å²) >= 11 is 0. The third-order valence-electron chi connectivity index (χ3n) is 3.57. The molecule has 0 heterocycles. The van der Waals surface area contributed by atoms with Crippen molar-refractivity contribution in [3.8, 4) is 5.75 Å². The van der Waals surface area contributed by atoms with Crippen LogP contribution in [0.3, 0.4) is 0 Å². The molecule has 0 aromatic heterocycles. The lowest BCUT2D eigenvalue weighted by atomic mass is 10.2. The number of benzene rings is 2. The van der Waals surface area contributed by atoms with Gasteiger partial charge in [-0.15, -0.1) is 0 Å². The highest BCUT2D eigenvalue weighted by atomic mass is 16.5. The Morgan fingerprint density at radius 2 is 1.74 bits per heavy atom. The maximum absolute atomic E-state index is 5.83. The van der Waals surface area contributed by atoms with E-state index in [9.17, 15) is 0 Å². The Bertz CT molecular complexity index is 601. The van der Waals surface area contributed by atoms with Crippen LogP contribution in [0.15, 0.2) is 66.2 Å². The summed E-state index contributed by atoms with van der Waals surface area (Å²) in [5, 5.41) is 0.